The van der Waals surface area contributed by atoms with E-state index in [1.54, 1.807) is 0 Å². The van der Waals surface area contributed by atoms with Crippen molar-refractivity contribution in [1.82, 2.24) is 0 Å². The summed E-state index contributed by atoms with van der Waals surface area (Å²) in [5.41, 5.74) is 2.61. The van der Waals surface area contributed by atoms with Gasteiger partial charge in [-0.15, -0.1) is 0 Å². The zero-order valence-electron chi connectivity index (χ0n) is 22.8. The highest BCUT2D eigenvalue weighted by Gasteiger charge is 2.56. The predicted octanol–water partition coefficient (Wildman–Crippen LogP) is 6.93. The highest BCUT2D eigenvalue weighted by Crippen LogP contribution is 2.57. The lowest BCUT2D eigenvalue weighted by Gasteiger charge is -2.18. The zero-order chi connectivity index (χ0) is 26.0. The smallest absolute Gasteiger partial charge is 0.183 e. The van der Waals surface area contributed by atoms with Gasteiger partial charge in [-0.05, 0) is 36.5 Å². The monoisotopic (exact) mass is 498 g/mol. The third-order valence-corrected chi connectivity index (χ3v) is 7.82. The summed E-state index contributed by atoms with van der Waals surface area (Å²) in [6.45, 7) is 13.5. The van der Waals surface area contributed by atoms with Crippen LogP contribution in [0.1, 0.15) is 77.6 Å². The molecule has 0 radical (unpaired) electrons. The summed E-state index contributed by atoms with van der Waals surface area (Å²) in [7, 11) is 0. The predicted molar refractivity (Wildman–Crippen MR) is 143 cm³/mol. The molecule has 4 aliphatic rings. The van der Waals surface area contributed by atoms with Crippen LogP contribution in [-0.2, 0) is 18.9 Å². The third kappa shape index (κ3) is 6.76. The summed E-state index contributed by atoms with van der Waals surface area (Å²) >= 11 is 0. The molecular weight excluding hydrogens is 452 g/mol. The van der Waals surface area contributed by atoms with E-state index in [0.29, 0.717) is 24.5 Å². The van der Waals surface area contributed by atoms with Crippen LogP contribution in [0.2, 0.25) is 0 Å². The molecule has 0 amide bonds. The van der Waals surface area contributed by atoms with Gasteiger partial charge in [0.25, 0.3) is 0 Å². The Bertz CT molecular complexity index is 802. The van der Waals surface area contributed by atoms with Gasteiger partial charge in [0.15, 0.2) is 12.6 Å². The Morgan fingerprint density at radius 3 is 1.53 bits per heavy atom. The van der Waals surface area contributed by atoms with Crippen molar-refractivity contribution in [3.63, 3.8) is 0 Å². The van der Waals surface area contributed by atoms with Gasteiger partial charge in [0, 0.05) is 16.5 Å². The normalized spacial score (nSPS) is 33.7. The molecule has 6 rings (SSSR count). The van der Waals surface area contributed by atoms with Crippen molar-refractivity contribution in [2.75, 3.05) is 33.0 Å². The minimum absolute atomic E-state index is 0.0104. The molecule has 5 heteroatoms. The number of hydrogen-bond donors (Lipinski definition) is 1. The summed E-state index contributed by atoms with van der Waals surface area (Å²) in [4.78, 5) is 0. The second kappa shape index (κ2) is 13.7. The van der Waals surface area contributed by atoms with Gasteiger partial charge >= 0.3 is 0 Å². The van der Waals surface area contributed by atoms with Gasteiger partial charge in [0.2, 0.25) is 0 Å². The Morgan fingerprint density at radius 2 is 1.08 bits per heavy atom. The average Bonchev–Trinajstić information content (AvgIpc) is 3.85. The molecule has 6 atom stereocenters. The molecule has 2 saturated heterocycles. The van der Waals surface area contributed by atoms with Crippen LogP contribution in [0.5, 0.6) is 0 Å². The Hall–Kier alpha value is -1.76. The van der Waals surface area contributed by atoms with E-state index >= 15 is 0 Å². The van der Waals surface area contributed by atoms with Gasteiger partial charge in [-0.2, -0.15) is 0 Å². The molecule has 2 aromatic rings. The topological polar surface area (TPSA) is 57.2 Å². The van der Waals surface area contributed by atoms with Crippen molar-refractivity contribution in [3.05, 3.63) is 71.8 Å². The summed E-state index contributed by atoms with van der Waals surface area (Å²) in [6, 6.07) is 20.2. The van der Waals surface area contributed by atoms with Crippen LogP contribution >= 0.6 is 0 Å². The van der Waals surface area contributed by atoms with Crippen molar-refractivity contribution in [1.29, 1.82) is 0 Å². The number of ether oxygens (including phenoxy) is 4. The maximum absolute atomic E-state index is 9.34. The highest BCUT2D eigenvalue weighted by molar-refractivity contribution is 5.17. The molecule has 4 fully saturated rings. The van der Waals surface area contributed by atoms with Gasteiger partial charge in [-0.3, -0.25) is 0 Å². The fourth-order valence-electron chi connectivity index (χ4n) is 5.05. The van der Waals surface area contributed by atoms with Crippen LogP contribution in [0.4, 0.5) is 0 Å². The first kappa shape index (κ1) is 28.8. The molecule has 2 saturated carbocycles. The Labute approximate surface area is 218 Å². The molecule has 2 aliphatic carbocycles. The fourth-order valence-corrected chi connectivity index (χ4v) is 5.05. The van der Waals surface area contributed by atoms with E-state index in [2.05, 4.69) is 19.1 Å². The lowest BCUT2D eigenvalue weighted by Crippen LogP contribution is -2.17. The molecule has 2 unspecified atom stereocenters. The minimum atomic E-state index is -0.266. The molecule has 36 heavy (non-hydrogen) atoms. The molecule has 0 bridgehead atoms. The molecule has 2 heterocycles. The maximum Gasteiger partial charge on any atom is 0.183 e. The van der Waals surface area contributed by atoms with Crippen molar-refractivity contribution in [3.8, 4) is 0 Å². The molecular formula is C31H46O5. The van der Waals surface area contributed by atoms with Crippen LogP contribution in [0.25, 0.3) is 0 Å². The summed E-state index contributed by atoms with van der Waals surface area (Å²) in [5, 5.41) is 9.34. The van der Waals surface area contributed by atoms with E-state index < -0.39 is 0 Å². The van der Waals surface area contributed by atoms with Crippen molar-refractivity contribution >= 4 is 0 Å². The van der Waals surface area contributed by atoms with Crippen LogP contribution in [0.3, 0.4) is 0 Å². The zero-order valence-corrected chi connectivity index (χ0v) is 22.8. The van der Waals surface area contributed by atoms with E-state index in [1.807, 2.05) is 76.2 Å². The van der Waals surface area contributed by atoms with Crippen molar-refractivity contribution in [2.45, 2.75) is 66.5 Å². The lowest BCUT2D eigenvalue weighted by atomic mass is 10.0. The number of aliphatic hydroxyl groups is 1. The first-order valence-corrected chi connectivity index (χ1v) is 13.9. The third-order valence-electron chi connectivity index (χ3n) is 7.82. The molecule has 0 spiro atoms. The summed E-state index contributed by atoms with van der Waals surface area (Å²) < 4.78 is 23.3. The lowest BCUT2D eigenvalue weighted by molar-refractivity contribution is -0.143. The van der Waals surface area contributed by atoms with Gasteiger partial charge in [-0.1, -0.05) is 95.3 Å². The van der Waals surface area contributed by atoms with Gasteiger partial charge in [-0.25, -0.2) is 0 Å². The number of hydrogen-bond acceptors (Lipinski definition) is 5. The van der Waals surface area contributed by atoms with E-state index in [1.165, 1.54) is 12.8 Å². The van der Waals surface area contributed by atoms with Crippen LogP contribution < -0.4 is 0 Å². The Balaban J connectivity index is 0.000000177. The molecule has 2 aromatic carbocycles. The second-order valence-electron chi connectivity index (χ2n) is 9.81. The van der Waals surface area contributed by atoms with Crippen LogP contribution in [0, 0.1) is 22.7 Å². The average molecular weight is 499 g/mol. The highest BCUT2D eigenvalue weighted by atomic mass is 16.7. The molecule has 2 aliphatic heterocycles. The summed E-state index contributed by atoms with van der Waals surface area (Å²) in [6.07, 6.45) is 3.10. The number of benzene rings is 2. The second-order valence-corrected chi connectivity index (χ2v) is 9.81. The van der Waals surface area contributed by atoms with E-state index in [-0.39, 0.29) is 24.6 Å². The summed E-state index contributed by atoms with van der Waals surface area (Å²) in [5.74, 6) is 1.21. The van der Waals surface area contributed by atoms with Crippen LogP contribution in [0.15, 0.2) is 60.7 Å². The SMILES string of the molecule is CC.CC.CC[C@@]12COC(c3ccccc3)OC[C@@H]1C2.OC[C@@]12COC(c3ccccc3)OC[C@@H]1C2. The van der Waals surface area contributed by atoms with Crippen molar-refractivity contribution in [2.24, 2.45) is 22.7 Å². The van der Waals surface area contributed by atoms with E-state index in [9.17, 15) is 5.11 Å². The van der Waals surface area contributed by atoms with Crippen molar-refractivity contribution < 1.29 is 24.1 Å². The quantitative estimate of drug-likeness (QED) is 0.495. The molecule has 200 valence electrons. The number of aliphatic hydroxyl groups excluding tert-OH is 1. The Morgan fingerprint density at radius 1 is 0.667 bits per heavy atom. The maximum atomic E-state index is 9.34. The largest absolute Gasteiger partial charge is 0.396 e. The van der Waals surface area contributed by atoms with Crippen LogP contribution in [-0.4, -0.2) is 38.1 Å². The van der Waals surface area contributed by atoms with E-state index in [0.717, 1.165) is 36.7 Å². The first-order valence-electron chi connectivity index (χ1n) is 13.9. The molecule has 0 aromatic heterocycles. The minimum Gasteiger partial charge on any atom is -0.396 e. The van der Waals surface area contributed by atoms with Gasteiger partial charge in [0.1, 0.15) is 0 Å². The number of rotatable bonds is 4. The van der Waals surface area contributed by atoms with Gasteiger partial charge in [0.05, 0.1) is 33.0 Å². The standard InChI is InChI=1S/C14H18O2.C13H16O3.2C2H6/c1-2-14-8-12(14)9-15-13(16-10-14)11-6-4-3-5-7-11;14-8-13-6-11(13)7-15-12(16-9-13)10-4-2-1-3-5-10;2*1-2/h3-7,12-13H,2,8-10H2,1H3;1-5,11-12,14H,6-9H2;2*1-2H3/t12-,13?,14+;11-,12?,13-;;/m00../s1. The van der Waals surface area contributed by atoms with E-state index in [4.69, 9.17) is 18.9 Å². The fraction of sp³-hybridized carbons (Fsp3) is 0.613. The Kier molecular flexibility index (Phi) is 11.0. The molecule has 1 N–H and O–H groups in total. The van der Waals surface area contributed by atoms with Gasteiger partial charge < -0.3 is 24.1 Å². The molecule has 5 nitrogen and oxygen atoms in total. The number of fused-ring (bicyclic) bond motifs is 2. The first-order chi connectivity index (χ1) is 17.7.